The van der Waals surface area contributed by atoms with Crippen molar-refractivity contribution in [1.82, 2.24) is 15.1 Å². The Morgan fingerprint density at radius 3 is 2.37 bits per heavy atom. The molecular formula is C24H33N3O3. The van der Waals surface area contributed by atoms with Gasteiger partial charge in [0.1, 0.15) is 12.4 Å². The summed E-state index contributed by atoms with van der Waals surface area (Å²) >= 11 is 0. The number of amides is 2. The van der Waals surface area contributed by atoms with E-state index in [1.807, 2.05) is 23.1 Å². The highest BCUT2D eigenvalue weighted by Crippen LogP contribution is 2.30. The Morgan fingerprint density at radius 1 is 0.900 bits per heavy atom. The van der Waals surface area contributed by atoms with E-state index in [1.54, 1.807) is 0 Å². The van der Waals surface area contributed by atoms with Crippen LogP contribution in [0, 0.1) is 11.8 Å². The Morgan fingerprint density at radius 2 is 1.63 bits per heavy atom. The fourth-order valence-corrected chi connectivity index (χ4v) is 5.27. The minimum Gasteiger partial charge on any atom is -0.492 e. The van der Waals surface area contributed by atoms with Crippen molar-refractivity contribution in [1.29, 1.82) is 0 Å². The van der Waals surface area contributed by atoms with Crippen LogP contribution in [0.5, 0.6) is 5.75 Å². The Kier molecular flexibility index (Phi) is 5.68. The molecule has 162 valence electrons. The largest absolute Gasteiger partial charge is 0.492 e. The lowest BCUT2D eigenvalue weighted by Gasteiger charge is -2.42. The number of ether oxygens (including phenoxy) is 1. The lowest BCUT2D eigenvalue weighted by molar-refractivity contribution is -0.139. The number of benzene rings is 1. The average Bonchev–Trinajstić information content (AvgIpc) is 3.62. The minimum absolute atomic E-state index is 0.0582. The van der Waals surface area contributed by atoms with Crippen molar-refractivity contribution in [3.05, 3.63) is 29.8 Å². The molecule has 2 amide bonds. The Labute approximate surface area is 178 Å². The Balaban J connectivity index is 1.07. The second-order valence-corrected chi connectivity index (χ2v) is 9.47. The molecule has 1 aromatic carbocycles. The summed E-state index contributed by atoms with van der Waals surface area (Å²) in [6, 6.07) is 9.05. The van der Waals surface area contributed by atoms with Crippen molar-refractivity contribution in [2.24, 2.45) is 11.8 Å². The lowest BCUT2D eigenvalue weighted by atomic mass is 9.91. The summed E-state index contributed by atoms with van der Waals surface area (Å²) in [5.74, 6) is 1.58. The molecule has 1 aliphatic carbocycles. The van der Waals surface area contributed by atoms with Crippen LogP contribution in [0.1, 0.15) is 44.1 Å². The fourth-order valence-electron chi connectivity index (χ4n) is 5.27. The van der Waals surface area contributed by atoms with Gasteiger partial charge in [0.05, 0.1) is 5.92 Å². The van der Waals surface area contributed by atoms with E-state index in [1.165, 1.54) is 0 Å². The van der Waals surface area contributed by atoms with Gasteiger partial charge in [-0.1, -0.05) is 18.2 Å². The monoisotopic (exact) mass is 411 g/mol. The molecule has 1 atom stereocenters. The van der Waals surface area contributed by atoms with Crippen LogP contribution in [0.25, 0.3) is 0 Å². The zero-order valence-corrected chi connectivity index (χ0v) is 17.7. The number of hydrogen-bond donors (Lipinski definition) is 1. The maximum atomic E-state index is 13.0. The van der Waals surface area contributed by atoms with Crippen LogP contribution in [0.15, 0.2) is 24.3 Å². The van der Waals surface area contributed by atoms with Crippen LogP contribution in [0.4, 0.5) is 0 Å². The first kappa shape index (κ1) is 19.9. The second-order valence-electron chi connectivity index (χ2n) is 9.47. The van der Waals surface area contributed by atoms with Gasteiger partial charge in [-0.3, -0.25) is 9.59 Å². The molecule has 6 nitrogen and oxygen atoms in total. The van der Waals surface area contributed by atoms with Crippen molar-refractivity contribution in [3.8, 4) is 5.75 Å². The van der Waals surface area contributed by atoms with Crippen molar-refractivity contribution < 1.29 is 14.3 Å². The van der Waals surface area contributed by atoms with E-state index in [2.05, 4.69) is 16.3 Å². The normalized spacial score (nSPS) is 26.0. The van der Waals surface area contributed by atoms with Crippen LogP contribution < -0.4 is 10.1 Å². The first-order valence-electron chi connectivity index (χ1n) is 11.7. The molecule has 1 saturated carbocycles. The van der Waals surface area contributed by atoms with Gasteiger partial charge >= 0.3 is 0 Å². The topological polar surface area (TPSA) is 61.9 Å². The Bertz CT molecular complexity index is 778. The van der Waals surface area contributed by atoms with Gasteiger partial charge in [-0.2, -0.15) is 0 Å². The number of fused-ring (bicyclic) bond motifs is 1. The summed E-state index contributed by atoms with van der Waals surface area (Å²) in [6.07, 6.45) is 7.10. The maximum Gasteiger partial charge on any atom is 0.229 e. The second kappa shape index (κ2) is 8.58. The fraction of sp³-hybridized carbons (Fsp3) is 0.667. The van der Waals surface area contributed by atoms with E-state index in [4.69, 9.17) is 4.74 Å². The summed E-state index contributed by atoms with van der Waals surface area (Å²) in [6.45, 7) is 4.18. The smallest absolute Gasteiger partial charge is 0.229 e. The van der Waals surface area contributed by atoms with E-state index in [0.717, 1.165) is 82.4 Å². The van der Waals surface area contributed by atoms with Crippen molar-refractivity contribution >= 4 is 11.8 Å². The predicted octanol–water partition coefficient (Wildman–Crippen LogP) is 2.22. The van der Waals surface area contributed by atoms with Gasteiger partial charge in [0.2, 0.25) is 11.8 Å². The van der Waals surface area contributed by atoms with E-state index < -0.39 is 0 Å². The quantitative estimate of drug-likeness (QED) is 0.825. The van der Waals surface area contributed by atoms with Crippen molar-refractivity contribution in [2.75, 3.05) is 32.8 Å². The third-order valence-electron chi connectivity index (χ3n) is 7.34. The van der Waals surface area contributed by atoms with E-state index in [-0.39, 0.29) is 23.7 Å². The Hall–Kier alpha value is -2.08. The van der Waals surface area contributed by atoms with Crippen LogP contribution in [-0.2, 0) is 16.0 Å². The van der Waals surface area contributed by atoms with Crippen molar-refractivity contribution in [3.63, 3.8) is 0 Å². The van der Waals surface area contributed by atoms with Gasteiger partial charge in [0, 0.05) is 31.1 Å². The van der Waals surface area contributed by atoms with E-state index in [0.29, 0.717) is 18.7 Å². The molecular weight excluding hydrogens is 378 g/mol. The SMILES string of the molecule is O=C(NC1CC1)C1CCN(C2CCN(C(=O)[C@H]3COc4ccccc4C3)CC2)CC1. The van der Waals surface area contributed by atoms with Gasteiger partial charge in [-0.25, -0.2) is 0 Å². The number of para-hydroxylation sites is 1. The third kappa shape index (κ3) is 4.34. The van der Waals surface area contributed by atoms with Gasteiger partial charge < -0.3 is 19.9 Å². The summed E-state index contributed by atoms with van der Waals surface area (Å²) in [4.78, 5) is 29.9. The molecule has 4 aliphatic rings. The molecule has 0 radical (unpaired) electrons. The van der Waals surface area contributed by atoms with Gasteiger partial charge in [-0.15, -0.1) is 0 Å². The minimum atomic E-state index is -0.0582. The van der Waals surface area contributed by atoms with Crippen LogP contribution in [-0.4, -0.2) is 66.5 Å². The number of likely N-dealkylation sites (tertiary alicyclic amines) is 2. The number of carbonyl (C=O) groups is 2. The zero-order valence-electron chi connectivity index (χ0n) is 17.7. The zero-order chi connectivity index (χ0) is 20.5. The predicted molar refractivity (Wildman–Crippen MR) is 114 cm³/mol. The molecule has 2 saturated heterocycles. The number of nitrogens with one attached hydrogen (secondary N) is 1. The molecule has 0 spiro atoms. The number of hydrogen-bond acceptors (Lipinski definition) is 4. The molecule has 3 fully saturated rings. The van der Waals surface area contributed by atoms with Crippen LogP contribution in [0.3, 0.4) is 0 Å². The number of carbonyl (C=O) groups excluding carboxylic acids is 2. The molecule has 3 heterocycles. The van der Waals surface area contributed by atoms with Crippen LogP contribution in [0.2, 0.25) is 0 Å². The number of nitrogens with zero attached hydrogens (tertiary/aromatic N) is 2. The first-order chi connectivity index (χ1) is 14.7. The number of piperidine rings is 2. The maximum absolute atomic E-state index is 13.0. The summed E-state index contributed by atoms with van der Waals surface area (Å²) in [5.41, 5.74) is 1.14. The van der Waals surface area contributed by atoms with Crippen LogP contribution >= 0.6 is 0 Å². The molecule has 0 unspecified atom stereocenters. The summed E-state index contributed by atoms with van der Waals surface area (Å²) < 4.78 is 5.83. The lowest BCUT2D eigenvalue weighted by Crippen LogP contribution is -2.51. The standard InChI is InChI=1S/C24H33N3O3/c28-23(25-20-5-6-20)17-7-11-26(12-8-17)21-9-13-27(14-10-21)24(29)19-15-18-3-1-2-4-22(18)30-16-19/h1-4,17,19-21H,5-16H2,(H,25,28)/t19-/m1/s1. The highest BCUT2D eigenvalue weighted by atomic mass is 16.5. The number of rotatable bonds is 4. The van der Waals surface area contributed by atoms with Crippen molar-refractivity contribution in [2.45, 2.75) is 57.0 Å². The van der Waals surface area contributed by atoms with Gasteiger partial charge in [0.25, 0.3) is 0 Å². The molecule has 5 rings (SSSR count). The van der Waals surface area contributed by atoms with Gasteiger partial charge in [0.15, 0.2) is 0 Å². The average molecular weight is 412 g/mol. The van der Waals surface area contributed by atoms with Gasteiger partial charge in [-0.05, 0) is 69.7 Å². The highest BCUT2D eigenvalue weighted by molar-refractivity contribution is 5.80. The molecule has 1 N–H and O–H groups in total. The molecule has 30 heavy (non-hydrogen) atoms. The summed E-state index contributed by atoms with van der Waals surface area (Å²) in [7, 11) is 0. The molecule has 3 aliphatic heterocycles. The molecule has 0 aromatic heterocycles. The molecule has 0 bridgehead atoms. The molecule has 1 aromatic rings. The van der Waals surface area contributed by atoms with E-state index in [9.17, 15) is 9.59 Å². The summed E-state index contributed by atoms with van der Waals surface area (Å²) in [5, 5.41) is 3.16. The third-order valence-corrected chi connectivity index (χ3v) is 7.34. The van der Waals surface area contributed by atoms with E-state index >= 15 is 0 Å². The molecule has 6 heteroatoms. The first-order valence-corrected chi connectivity index (χ1v) is 11.7. The highest BCUT2D eigenvalue weighted by Gasteiger charge is 2.35.